The van der Waals surface area contributed by atoms with Crippen molar-refractivity contribution < 1.29 is 11.0 Å². The number of nitrogens with one attached hydrogen (secondary N) is 1. The lowest BCUT2D eigenvalue weighted by Gasteiger charge is -2.41. The van der Waals surface area contributed by atoms with E-state index >= 15 is 0 Å². The molecule has 4 nitrogen and oxygen atoms in total. The topological polar surface area (TPSA) is 41.6 Å². The third-order valence-corrected chi connectivity index (χ3v) is 4.54. The van der Waals surface area contributed by atoms with Crippen molar-refractivity contribution in [1.82, 2.24) is 10.2 Å². The second-order valence-electron chi connectivity index (χ2n) is 8.19. The van der Waals surface area contributed by atoms with E-state index in [9.17, 15) is 4.79 Å². The number of hydrogen-bond donors (Lipinski definition) is 1. The molecule has 1 amide bonds. The summed E-state index contributed by atoms with van der Waals surface area (Å²) in [6, 6.07) is 0. The zero-order chi connectivity index (χ0) is 17.8. The predicted octanol–water partition coefficient (Wildman–Crippen LogP) is 3.95. The first kappa shape index (κ1) is 19.8. The minimum atomic E-state index is -0.541. The maximum atomic E-state index is 12.7. The van der Waals surface area contributed by atoms with E-state index < -0.39 is 5.54 Å². The summed E-state index contributed by atoms with van der Waals surface area (Å²) in [4.78, 5) is 15.0. The van der Waals surface area contributed by atoms with Crippen LogP contribution in [-0.4, -0.2) is 36.5 Å². The molecule has 1 unspecified atom stereocenters. The summed E-state index contributed by atoms with van der Waals surface area (Å²) in [5.74, 6) is 1.42. The fourth-order valence-corrected chi connectivity index (χ4v) is 2.92. The highest BCUT2D eigenvalue weighted by atomic mass is 16.5. The van der Waals surface area contributed by atoms with Crippen LogP contribution < -0.4 is 5.32 Å². The number of carbonyl (C=O) groups excluding carboxylic acids is 1. The molecule has 1 rings (SSSR count). The third-order valence-electron chi connectivity index (χ3n) is 4.54. The minimum absolute atomic E-state index is 0. The predicted molar refractivity (Wildman–Crippen MR) is 98.0 cm³/mol. The zero-order valence-corrected chi connectivity index (χ0v) is 16.0. The van der Waals surface area contributed by atoms with Gasteiger partial charge in [0.15, 0.2) is 0 Å². The summed E-state index contributed by atoms with van der Waals surface area (Å²) in [6.07, 6.45) is 4.20. The van der Waals surface area contributed by atoms with Crippen LogP contribution in [0, 0.1) is 11.3 Å². The minimum Gasteiger partial charge on any atom is -0.500 e. The largest absolute Gasteiger partial charge is 0.500 e. The van der Waals surface area contributed by atoms with Gasteiger partial charge in [0, 0.05) is 19.1 Å². The molecule has 0 saturated carbocycles. The Morgan fingerprint density at radius 3 is 2.43 bits per heavy atom. The second-order valence-corrected chi connectivity index (χ2v) is 8.19. The molecule has 23 heavy (non-hydrogen) atoms. The molecule has 1 saturated heterocycles. The van der Waals surface area contributed by atoms with Crippen LogP contribution in [0.4, 0.5) is 0 Å². The van der Waals surface area contributed by atoms with E-state index in [-0.39, 0.29) is 12.7 Å². The molecule has 0 bridgehead atoms. The van der Waals surface area contributed by atoms with Crippen molar-refractivity contribution in [2.75, 3.05) is 20.2 Å². The first-order valence-electron chi connectivity index (χ1n) is 8.50. The number of carbonyl (C=O) groups is 1. The molecule has 0 aromatic carbocycles. The van der Waals surface area contributed by atoms with Crippen LogP contribution in [0.2, 0.25) is 0 Å². The standard InChI is InChI=1S/C19H34N2O2.H2/c1-14-10-9-11-21(13-14)19(6,7)17(22)20-15(2)12-16(23-8)18(3,4)5;/h12,14H,2,9-11,13H2,1,3-8H3,(H,20,22);1H/b16-12-;. The van der Waals surface area contributed by atoms with Gasteiger partial charge in [-0.05, 0) is 45.2 Å². The summed E-state index contributed by atoms with van der Waals surface area (Å²) in [5.41, 5.74) is -0.0966. The Balaban J connectivity index is 0.00000529. The Hall–Kier alpha value is -1.29. The number of hydrogen-bond acceptors (Lipinski definition) is 3. The molecule has 0 aromatic heterocycles. The summed E-state index contributed by atoms with van der Waals surface area (Å²) in [5, 5.41) is 2.94. The molecule has 1 fully saturated rings. The van der Waals surface area contributed by atoms with Crippen LogP contribution >= 0.6 is 0 Å². The van der Waals surface area contributed by atoms with E-state index in [1.54, 1.807) is 7.11 Å². The third kappa shape index (κ3) is 5.38. The monoisotopic (exact) mass is 324 g/mol. The van der Waals surface area contributed by atoms with Crippen molar-refractivity contribution in [3.63, 3.8) is 0 Å². The van der Waals surface area contributed by atoms with Crippen molar-refractivity contribution >= 4 is 5.91 Å². The molecule has 0 aliphatic carbocycles. The van der Waals surface area contributed by atoms with Crippen molar-refractivity contribution in [2.24, 2.45) is 11.3 Å². The van der Waals surface area contributed by atoms with Gasteiger partial charge < -0.3 is 10.1 Å². The average molecular weight is 325 g/mol. The number of allylic oxidation sites excluding steroid dienone is 2. The molecule has 1 aliphatic heterocycles. The van der Waals surface area contributed by atoms with Gasteiger partial charge in [0.2, 0.25) is 5.91 Å². The molecule has 0 spiro atoms. The molecule has 1 atom stereocenters. The van der Waals surface area contributed by atoms with Gasteiger partial charge in [-0.2, -0.15) is 0 Å². The quantitative estimate of drug-likeness (QED) is 0.615. The Morgan fingerprint density at radius 1 is 1.35 bits per heavy atom. The molecule has 4 heteroatoms. The van der Waals surface area contributed by atoms with Gasteiger partial charge in [-0.3, -0.25) is 9.69 Å². The number of ether oxygens (including phenoxy) is 1. The summed E-state index contributed by atoms with van der Waals surface area (Å²) in [7, 11) is 1.64. The molecule has 0 aromatic rings. The fourth-order valence-electron chi connectivity index (χ4n) is 2.92. The Labute approximate surface area is 143 Å². The summed E-state index contributed by atoms with van der Waals surface area (Å²) in [6.45, 7) is 18.3. The van der Waals surface area contributed by atoms with Crippen LogP contribution in [-0.2, 0) is 9.53 Å². The van der Waals surface area contributed by atoms with Gasteiger partial charge in [-0.25, -0.2) is 0 Å². The molecule has 1 heterocycles. The second kappa shape index (κ2) is 7.52. The number of amides is 1. The first-order chi connectivity index (χ1) is 10.5. The number of piperidine rings is 1. The SMILES string of the molecule is C=C(/C=C(\OC)C(C)(C)C)NC(=O)C(C)(C)N1CCCC(C)C1.[HH]. The van der Waals surface area contributed by atoms with Crippen LogP contribution in [0.5, 0.6) is 0 Å². The van der Waals surface area contributed by atoms with Crippen LogP contribution in [0.1, 0.15) is 55.8 Å². The lowest BCUT2D eigenvalue weighted by atomic mass is 9.92. The van der Waals surface area contributed by atoms with Gasteiger partial charge >= 0.3 is 0 Å². The van der Waals surface area contributed by atoms with E-state index in [0.717, 1.165) is 25.3 Å². The Kier molecular flexibility index (Phi) is 6.46. The molecule has 1 N–H and O–H groups in total. The van der Waals surface area contributed by atoms with Crippen molar-refractivity contribution in [2.45, 2.75) is 59.9 Å². The average Bonchev–Trinajstić information content (AvgIpc) is 2.43. The Bertz CT molecular complexity index is 478. The molecule has 0 radical (unpaired) electrons. The van der Waals surface area contributed by atoms with Crippen molar-refractivity contribution in [3.05, 3.63) is 24.1 Å². The molecular weight excluding hydrogens is 288 g/mol. The van der Waals surface area contributed by atoms with Gasteiger partial charge in [-0.1, -0.05) is 34.3 Å². The van der Waals surface area contributed by atoms with Crippen LogP contribution in [0.25, 0.3) is 0 Å². The smallest absolute Gasteiger partial charge is 0.244 e. The fraction of sp³-hybridized carbons (Fsp3) is 0.737. The number of nitrogens with zero attached hydrogens (tertiary/aromatic N) is 1. The highest BCUT2D eigenvalue weighted by Crippen LogP contribution is 2.27. The van der Waals surface area contributed by atoms with E-state index in [1.165, 1.54) is 6.42 Å². The number of methoxy groups -OCH3 is 1. The van der Waals surface area contributed by atoms with Gasteiger partial charge in [0.1, 0.15) is 5.76 Å². The summed E-state index contributed by atoms with van der Waals surface area (Å²) >= 11 is 0. The number of likely N-dealkylation sites (tertiary alicyclic amines) is 1. The lowest BCUT2D eigenvalue weighted by molar-refractivity contribution is -0.132. The van der Waals surface area contributed by atoms with Gasteiger partial charge in [0.25, 0.3) is 0 Å². The zero-order valence-electron chi connectivity index (χ0n) is 16.0. The van der Waals surface area contributed by atoms with Crippen LogP contribution in [0.3, 0.4) is 0 Å². The molecule has 134 valence electrons. The normalized spacial score (nSPS) is 21.0. The van der Waals surface area contributed by atoms with E-state index in [0.29, 0.717) is 11.6 Å². The van der Waals surface area contributed by atoms with E-state index in [2.05, 4.69) is 44.5 Å². The van der Waals surface area contributed by atoms with Gasteiger partial charge in [0.05, 0.1) is 12.6 Å². The summed E-state index contributed by atoms with van der Waals surface area (Å²) < 4.78 is 5.42. The lowest BCUT2D eigenvalue weighted by Crippen LogP contribution is -2.57. The van der Waals surface area contributed by atoms with Crippen LogP contribution in [0.15, 0.2) is 24.1 Å². The van der Waals surface area contributed by atoms with Crippen molar-refractivity contribution in [1.29, 1.82) is 0 Å². The molecule has 1 aliphatic rings. The maximum absolute atomic E-state index is 12.7. The van der Waals surface area contributed by atoms with E-state index in [4.69, 9.17) is 4.74 Å². The van der Waals surface area contributed by atoms with Crippen molar-refractivity contribution in [3.8, 4) is 0 Å². The maximum Gasteiger partial charge on any atom is 0.244 e. The highest BCUT2D eigenvalue weighted by Gasteiger charge is 2.36. The van der Waals surface area contributed by atoms with E-state index in [1.807, 2.05) is 19.9 Å². The highest BCUT2D eigenvalue weighted by molar-refractivity contribution is 5.87. The Morgan fingerprint density at radius 2 is 1.96 bits per heavy atom. The van der Waals surface area contributed by atoms with Gasteiger partial charge in [-0.15, -0.1) is 0 Å². The molecular formula is C19H36N2O2. The number of rotatable bonds is 5. The first-order valence-corrected chi connectivity index (χ1v) is 8.50.